The molecule has 0 atom stereocenters. The number of nitrogens with two attached hydrogens (primary N) is 1. The van der Waals surface area contributed by atoms with Gasteiger partial charge in [-0.3, -0.25) is 0 Å². The Kier molecular flexibility index (Phi) is 5.05. The minimum Gasteiger partial charge on any atom is -0.383 e. The number of aryl methyl sites for hydroxylation is 2. The second kappa shape index (κ2) is 6.79. The van der Waals surface area contributed by atoms with Crippen LogP contribution in [0.5, 0.6) is 0 Å². The van der Waals surface area contributed by atoms with Crippen molar-refractivity contribution < 1.29 is 0 Å². The maximum absolute atomic E-state index is 6.43. The third kappa shape index (κ3) is 3.12. The highest BCUT2D eigenvalue weighted by atomic mass is 15.1. The smallest absolute Gasteiger partial charge is 0.131 e. The molecule has 0 radical (unpaired) electrons. The number of rotatable bonds is 6. The Morgan fingerprint density at radius 1 is 1.14 bits per heavy atom. The quantitative estimate of drug-likeness (QED) is 0.849. The lowest BCUT2D eigenvalue weighted by Gasteiger charge is -2.09. The predicted molar refractivity (Wildman–Crippen MR) is 90.5 cm³/mol. The molecule has 1 aromatic heterocycles. The topological polar surface area (TPSA) is 43.8 Å². The Bertz CT molecular complexity index is 611. The fourth-order valence-corrected chi connectivity index (χ4v) is 2.70. The van der Waals surface area contributed by atoms with Crippen molar-refractivity contribution in [3.05, 3.63) is 35.2 Å². The van der Waals surface area contributed by atoms with Gasteiger partial charge in [0.05, 0.1) is 0 Å². The molecule has 2 N–H and O–H groups in total. The Hall–Kier alpha value is -1.77. The van der Waals surface area contributed by atoms with E-state index in [1.54, 1.807) is 0 Å². The van der Waals surface area contributed by atoms with Crippen molar-refractivity contribution in [1.82, 2.24) is 9.55 Å². The van der Waals surface area contributed by atoms with E-state index in [0.29, 0.717) is 0 Å². The molecule has 0 spiro atoms. The second-order valence-corrected chi connectivity index (χ2v) is 5.76. The van der Waals surface area contributed by atoms with Crippen LogP contribution >= 0.6 is 0 Å². The van der Waals surface area contributed by atoms with Crippen molar-refractivity contribution in [3.8, 4) is 11.3 Å². The van der Waals surface area contributed by atoms with Crippen molar-refractivity contribution in [2.75, 3.05) is 5.73 Å². The molecule has 0 saturated heterocycles. The number of hydrogen-bond acceptors (Lipinski definition) is 2. The largest absolute Gasteiger partial charge is 0.383 e. The van der Waals surface area contributed by atoms with Crippen LogP contribution in [-0.4, -0.2) is 9.55 Å². The van der Waals surface area contributed by atoms with Crippen LogP contribution in [0.2, 0.25) is 0 Å². The molecular formula is C18H27N3. The molecule has 3 nitrogen and oxygen atoms in total. The van der Waals surface area contributed by atoms with E-state index in [1.165, 1.54) is 23.1 Å². The predicted octanol–water partition coefficient (Wildman–Crippen LogP) is 4.50. The van der Waals surface area contributed by atoms with Crippen LogP contribution in [0.4, 0.5) is 5.82 Å². The molecule has 2 rings (SSSR count). The lowest BCUT2D eigenvalue weighted by Crippen LogP contribution is -2.07. The van der Waals surface area contributed by atoms with E-state index < -0.39 is 0 Å². The van der Waals surface area contributed by atoms with Gasteiger partial charge in [0.1, 0.15) is 17.3 Å². The average Bonchev–Trinajstić information content (AvgIpc) is 2.77. The zero-order valence-corrected chi connectivity index (χ0v) is 13.7. The van der Waals surface area contributed by atoms with Crippen molar-refractivity contribution in [2.24, 2.45) is 0 Å². The molecule has 0 fully saturated rings. The van der Waals surface area contributed by atoms with Crippen LogP contribution in [0.15, 0.2) is 18.2 Å². The van der Waals surface area contributed by atoms with Crippen molar-refractivity contribution >= 4 is 5.82 Å². The number of anilines is 1. The summed E-state index contributed by atoms with van der Waals surface area (Å²) in [7, 11) is 0. The third-order valence-corrected chi connectivity index (χ3v) is 4.15. The SMILES string of the molecule is CCCCn1c(CCC)nc(-c2cccc(C)c2C)c1N. The fourth-order valence-electron chi connectivity index (χ4n) is 2.70. The molecule has 0 aliphatic rings. The minimum absolute atomic E-state index is 0.820. The highest BCUT2D eigenvalue weighted by Crippen LogP contribution is 2.31. The number of nitrogens with zero attached hydrogens (tertiary/aromatic N) is 2. The van der Waals surface area contributed by atoms with Crippen LogP contribution < -0.4 is 5.73 Å². The monoisotopic (exact) mass is 285 g/mol. The van der Waals surface area contributed by atoms with Crippen LogP contribution in [0.1, 0.15) is 50.1 Å². The number of benzene rings is 1. The molecule has 0 unspecified atom stereocenters. The van der Waals surface area contributed by atoms with Gasteiger partial charge in [-0.1, -0.05) is 38.5 Å². The van der Waals surface area contributed by atoms with Gasteiger partial charge in [-0.15, -0.1) is 0 Å². The highest BCUT2D eigenvalue weighted by molar-refractivity contribution is 5.74. The number of nitrogen functional groups attached to an aromatic ring is 1. The van der Waals surface area contributed by atoms with E-state index in [-0.39, 0.29) is 0 Å². The van der Waals surface area contributed by atoms with Gasteiger partial charge < -0.3 is 10.3 Å². The van der Waals surface area contributed by atoms with Gasteiger partial charge >= 0.3 is 0 Å². The van der Waals surface area contributed by atoms with Crippen molar-refractivity contribution in [1.29, 1.82) is 0 Å². The zero-order chi connectivity index (χ0) is 15.4. The van der Waals surface area contributed by atoms with Gasteiger partial charge in [0.2, 0.25) is 0 Å². The van der Waals surface area contributed by atoms with Gasteiger partial charge in [0, 0.05) is 18.5 Å². The summed E-state index contributed by atoms with van der Waals surface area (Å²) >= 11 is 0. The highest BCUT2D eigenvalue weighted by Gasteiger charge is 2.17. The van der Waals surface area contributed by atoms with Gasteiger partial charge in [0.25, 0.3) is 0 Å². The molecular weight excluding hydrogens is 258 g/mol. The van der Waals surface area contributed by atoms with E-state index in [1.807, 2.05) is 0 Å². The lowest BCUT2D eigenvalue weighted by atomic mass is 10.0. The number of imidazole rings is 1. The Balaban J connectivity index is 2.51. The number of aromatic nitrogens is 2. The molecule has 114 valence electrons. The van der Waals surface area contributed by atoms with Gasteiger partial charge in [-0.25, -0.2) is 4.98 Å². The standard InChI is InChI=1S/C18H27N3/c1-5-7-12-21-16(9-6-2)20-17(18(21)19)15-11-8-10-13(3)14(15)4/h8,10-11H,5-7,9,12,19H2,1-4H3. The summed E-state index contributed by atoms with van der Waals surface area (Å²) in [6, 6.07) is 6.35. The van der Waals surface area contributed by atoms with E-state index in [4.69, 9.17) is 10.7 Å². The summed E-state index contributed by atoms with van der Waals surface area (Å²) in [5.41, 5.74) is 11.1. The Morgan fingerprint density at radius 2 is 1.90 bits per heavy atom. The van der Waals surface area contributed by atoms with Crippen LogP contribution in [-0.2, 0) is 13.0 Å². The zero-order valence-electron chi connectivity index (χ0n) is 13.7. The maximum Gasteiger partial charge on any atom is 0.131 e. The summed E-state index contributed by atoms with van der Waals surface area (Å²) in [5.74, 6) is 1.94. The fraction of sp³-hybridized carbons (Fsp3) is 0.500. The van der Waals surface area contributed by atoms with Crippen LogP contribution in [0.25, 0.3) is 11.3 Å². The number of hydrogen-bond donors (Lipinski definition) is 1. The van der Waals surface area contributed by atoms with Gasteiger partial charge in [-0.2, -0.15) is 0 Å². The first kappa shape index (κ1) is 15.6. The lowest BCUT2D eigenvalue weighted by molar-refractivity contribution is 0.604. The molecule has 0 saturated carbocycles. The van der Waals surface area contributed by atoms with E-state index in [9.17, 15) is 0 Å². The summed E-state index contributed by atoms with van der Waals surface area (Å²) < 4.78 is 2.21. The van der Waals surface area contributed by atoms with E-state index >= 15 is 0 Å². The van der Waals surface area contributed by atoms with Crippen LogP contribution in [0, 0.1) is 13.8 Å². The molecule has 2 aromatic rings. The second-order valence-electron chi connectivity index (χ2n) is 5.76. The summed E-state index contributed by atoms with van der Waals surface area (Å²) in [6.07, 6.45) is 4.39. The van der Waals surface area contributed by atoms with E-state index in [0.717, 1.165) is 43.1 Å². The average molecular weight is 285 g/mol. The van der Waals surface area contributed by atoms with Crippen LogP contribution in [0.3, 0.4) is 0 Å². The van der Waals surface area contributed by atoms with Crippen molar-refractivity contribution in [2.45, 2.75) is 59.9 Å². The molecule has 0 aliphatic heterocycles. The first-order chi connectivity index (χ1) is 10.1. The molecule has 3 heteroatoms. The number of unbranched alkanes of at least 4 members (excludes halogenated alkanes) is 1. The van der Waals surface area contributed by atoms with Gasteiger partial charge in [-0.05, 0) is 37.8 Å². The maximum atomic E-state index is 6.43. The summed E-state index contributed by atoms with van der Waals surface area (Å²) in [4.78, 5) is 4.86. The summed E-state index contributed by atoms with van der Waals surface area (Å²) in [6.45, 7) is 9.64. The molecule has 0 aliphatic carbocycles. The summed E-state index contributed by atoms with van der Waals surface area (Å²) in [5, 5.41) is 0. The Labute approximate surface area is 128 Å². The normalized spacial score (nSPS) is 11.0. The Morgan fingerprint density at radius 3 is 2.57 bits per heavy atom. The van der Waals surface area contributed by atoms with Crippen molar-refractivity contribution in [3.63, 3.8) is 0 Å². The molecule has 21 heavy (non-hydrogen) atoms. The first-order valence-electron chi connectivity index (χ1n) is 8.01. The van der Waals surface area contributed by atoms with Gasteiger partial charge in [0.15, 0.2) is 0 Å². The molecule has 1 aromatic carbocycles. The minimum atomic E-state index is 0.820. The first-order valence-corrected chi connectivity index (χ1v) is 8.01. The third-order valence-electron chi connectivity index (χ3n) is 4.15. The van der Waals surface area contributed by atoms with E-state index in [2.05, 4.69) is 50.5 Å². The molecule has 0 amide bonds. The molecule has 0 bridgehead atoms. The molecule has 1 heterocycles.